The molecule has 0 aliphatic heterocycles. The summed E-state index contributed by atoms with van der Waals surface area (Å²) in [6.07, 6.45) is 2.95. The minimum absolute atomic E-state index is 0.000917. The van der Waals surface area contributed by atoms with E-state index in [-0.39, 0.29) is 5.91 Å². The Morgan fingerprint density at radius 1 is 1.19 bits per heavy atom. The van der Waals surface area contributed by atoms with Gasteiger partial charge < -0.3 is 5.32 Å². The number of anilines is 1. The molecule has 0 fully saturated rings. The van der Waals surface area contributed by atoms with Crippen molar-refractivity contribution in [3.05, 3.63) is 46.3 Å². The van der Waals surface area contributed by atoms with E-state index in [1.807, 2.05) is 52.1 Å². The summed E-state index contributed by atoms with van der Waals surface area (Å²) in [6.45, 7) is 8.02. The zero-order chi connectivity index (χ0) is 18.8. The van der Waals surface area contributed by atoms with Crippen LogP contribution in [0.5, 0.6) is 0 Å². The molecule has 1 aromatic carbocycles. The maximum Gasteiger partial charge on any atom is 0.253 e. The van der Waals surface area contributed by atoms with Crippen molar-refractivity contribution in [2.24, 2.45) is 0 Å². The van der Waals surface area contributed by atoms with Crippen molar-refractivity contribution in [2.75, 3.05) is 11.6 Å². The normalized spacial score (nSPS) is 11.1. The lowest BCUT2D eigenvalue weighted by Crippen LogP contribution is -2.15. The first-order valence-corrected chi connectivity index (χ1v) is 9.76. The number of thioether (sulfide) groups is 1. The number of hydrogen-bond donors (Lipinski definition) is 1. The highest BCUT2D eigenvalue weighted by Gasteiger charge is 2.15. The summed E-state index contributed by atoms with van der Waals surface area (Å²) in [7, 11) is 0. The molecule has 1 N–H and O–H groups in total. The summed E-state index contributed by atoms with van der Waals surface area (Å²) >= 11 is 1.49. The van der Waals surface area contributed by atoms with Crippen molar-refractivity contribution in [1.82, 2.24) is 19.6 Å². The van der Waals surface area contributed by atoms with Crippen LogP contribution in [0.25, 0.3) is 5.78 Å². The zero-order valence-electron chi connectivity index (χ0n) is 15.8. The average molecular weight is 369 g/mol. The first-order chi connectivity index (χ1) is 12.4. The Morgan fingerprint density at radius 2 is 1.96 bits per heavy atom. The van der Waals surface area contributed by atoms with Crippen LogP contribution in [-0.4, -0.2) is 31.7 Å². The number of carbonyl (C=O) groups excluding carboxylic acids is 1. The number of nitrogens with one attached hydrogen (secondary N) is 1. The first kappa shape index (κ1) is 18.4. The molecule has 0 bridgehead atoms. The van der Waals surface area contributed by atoms with E-state index >= 15 is 0 Å². The van der Waals surface area contributed by atoms with Gasteiger partial charge in [-0.05, 0) is 63.1 Å². The van der Waals surface area contributed by atoms with Gasteiger partial charge in [-0.25, -0.2) is 9.50 Å². The Hall–Kier alpha value is -2.41. The third-order valence-corrected chi connectivity index (χ3v) is 5.23. The van der Waals surface area contributed by atoms with E-state index in [0.717, 1.165) is 28.2 Å². The molecule has 6 nitrogen and oxygen atoms in total. The molecule has 2 heterocycles. The molecular formula is C19H23N5OS. The maximum absolute atomic E-state index is 12.4. The standard InChI is InChI=1S/C19H23N5OS/c1-11-7-6-8-16(12(11)2)21-17(25)10-9-15-13(3)20-18-22-19(26-5)23-24(18)14(15)4/h6-8H,9-10H2,1-5H3,(H,21,25). The second-order valence-electron chi connectivity index (χ2n) is 6.37. The fraction of sp³-hybridized carbons (Fsp3) is 0.368. The van der Waals surface area contributed by atoms with E-state index in [9.17, 15) is 4.79 Å². The Balaban J connectivity index is 1.76. The Labute approximate surface area is 157 Å². The van der Waals surface area contributed by atoms with Crippen molar-refractivity contribution in [3.8, 4) is 0 Å². The van der Waals surface area contributed by atoms with Crippen LogP contribution >= 0.6 is 11.8 Å². The van der Waals surface area contributed by atoms with E-state index in [0.29, 0.717) is 23.8 Å². The molecule has 0 saturated heterocycles. The highest BCUT2D eigenvalue weighted by molar-refractivity contribution is 7.98. The van der Waals surface area contributed by atoms with Gasteiger partial charge >= 0.3 is 0 Å². The van der Waals surface area contributed by atoms with Crippen molar-refractivity contribution in [1.29, 1.82) is 0 Å². The minimum Gasteiger partial charge on any atom is -0.326 e. The maximum atomic E-state index is 12.4. The smallest absolute Gasteiger partial charge is 0.253 e. The number of amides is 1. The number of hydrogen-bond acceptors (Lipinski definition) is 5. The molecule has 136 valence electrons. The SMILES string of the molecule is CSc1nc2nc(C)c(CCC(=O)Nc3cccc(C)c3C)c(C)n2n1. The monoisotopic (exact) mass is 369 g/mol. The fourth-order valence-corrected chi connectivity index (χ4v) is 3.31. The van der Waals surface area contributed by atoms with Gasteiger partial charge in [-0.2, -0.15) is 4.98 Å². The van der Waals surface area contributed by atoms with E-state index in [1.54, 1.807) is 4.52 Å². The molecule has 0 saturated carbocycles. The number of rotatable bonds is 5. The topological polar surface area (TPSA) is 72.2 Å². The second-order valence-corrected chi connectivity index (χ2v) is 7.14. The number of carbonyl (C=O) groups is 1. The van der Waals surface area contributed by atoms with Gasteiger partial charge in [0.15, 0.2) is 0 Å². The lowest BCUT2D eigenvalue weighted by Gasteiger charge is -2.12. The van der Waals surface area contributed by atoms with Crippen LogP contribution in [0.4, 0.5) is 5.69 Å². The van der Waals surface area contributed by atoms with Crippen LogP contribution in [0.1, 0.15) is 34.5 Å². The molecular weight excluding hydrogens is 346 g/mol. The van der Waals surface area contributed by atoms with Gasteiger partial charge in [-0.15, -0.1) is 5.10 Å². The summed E-state index contributed by atoms with van der Waals surface area (Å²) in [5, 5.41) is 8.17. The fourth-order valence-electron chi connectivity index (χ4n) is 2.98. The predicted molar refractivity (Wildman–Crippen MR) is 105 cm³/mol. The highest BCUT2D eigenvalue weighted by Crippen LogP contribution is 2.20. The Morgan fingerprint density at radius 3 is 2.69 bits per heavy atom. The molecule has 1 amide bonds. The summed E-state index contributed by atoms with van der Waals surface area (Å²) < 4.78 is 1.76. The lowest BCUT2D eigenvalue weighted by molar-refractivity contribution is -0.116. The molecule has 0 spiro atoms. The predicted octanol–water partition coefficient (Wildman–Crippen LogP) is 3.65. The second kappa shape index (κ2) is 7.45. The number of benzene rings is 1. The van der Waals surface area contributed by atoms with Crippen molar-refractivity contribution >= 4 is 29.1 Å². The van der Waals surface area contributed by atoms with Gasteiger partial charge in [-0.3, -0.25) is 4.79 Å². The van der Waals surface area contributed by atoms with E-state index in [1.165, 1.54) is 17.3 Å². The molecule has 0 unspecified atom stereocenters. The van der Waals surface area contributed by atoms with Crippen LogP contribution in [0.15, 0.2) is 23.4 Å². The van der Waals surface area contributed by atoms with Gasteiger partial charge in [0.1, 0.15) is 0 Å². The first-order valence-electron chi connectivity index (χ1n) is 8.53. The summed E-state index contributed by atoms with van der Waals surface area (Å²) in [5.41, 5.74) is 6.07. The molecule has 0 atom stereocenters. The van der Waals surface area contributed by atoms with Gasteiger partial charge in [0.05, 0.1) is 0 Å². The van der Waals surface area contributed by atoms with Crippen LogP contribution < -0.4 is 5.32 Å². The lowest BCUT2D eigenvalue weighted by atomic mass is 10.1. The van der Waals surface area contributed by atoms with Crippen LogP contribution in [0.2, 0.25) is 0 Å². The molecule has 0 aliphatic rings. The van der Waals surface area contributed by atoms with Gasteiger partial charge in [0.2, 0.25) is 11.1 Å². The van der Waals surface area contributed by atoms with Gasteiger partial charge in [0.25, 0.3) is 5.78 Å². The number of nitrogens with zero attached hydrogens (tertiary/aromatic N) is 4. The van der Waals surface area contributed by atoms with Gasteiger partial charge in [-0.1, -0.05) is 23.9 Å². The summed E-state index contributed by atoms with van der Waals surface area (Å²) in [5.74, 6) is 0.605. The molecule has 0 aliphatic carbocycles. The molecule has 3 aromatic rings. The van der Waals surface area contributed by atoms with E-state index in [4.69, 9.17) is 0 Å². The van der Waals surface area contributed by atoms with Gasteiger partial charge in [0, 0.05) is 23.5 Å². The molecule has 26 heavy (non-hydrogen) atoms. The number of aryl methyl sites for hydroxylation is 3. The van der Waals surface area contributed by atoms with Crippen LogP contribution in [0, 0.1) is 27.7 Å². The van der Waals surface area contributed by atoms with Crippen LogP contribution in [0.3, 0.4) is 0 Å². The molecule has 3 rings (SSSR count). The molecule has 7 heteroatoms. The Kier molecular flexibility index (Phi) is 5.27. The summed E-state index contributed by atoms with van der Waals surface area (Å²) in [6, 6.07) is 5.93. The average Bonchev–Trinajstić information content (AvgIpc) is 3.02. The number of aromatic nitrogens is 4. The zero-order valence-corrected chi connectivity index (χ0v) is 16.6. The Bertz CT molecular complexity index is 980. The number of fused-ring (bicyclic) bond motifs is 1. The van der Waals surface area contributed by atoms with E-state index in [2.05, 4.69) is 20.4 Å². The third kappa shape index (κ3) is 3.58. The van der Waals surface area contributed by atoms with Crippen molar-refractivity contribution < 1.29 is 4.79 Å². The molecule has 0 radical (unpaired) electrons. The third-order valence-electron chi connectivity index (χ3n) is 4.69. The van der Waals surface area contributed by atoms with Crippen molar-refractivity contribution in [3.63, 3.8) is 0 Å². The van der Waals surface area contributed by atoms with Crippen LogP contribution in [-0.2, 0) is 11.2 Å². The van der Waals surface area contributed by atoms with Crippen molar-refractivity contribution in [2.45, 2.75) is 45.7 Å². The van der Waals surface area contributed by atoms with E-state index < -0.39 is 0 Å². The largest absolute Gasteiger partial charge is 0.326 e. The molecule has 2 aromatic heterocycles. The quantitative estimate of drug-likeness (QED) is 0.695. The minimum atomic E-state index is 0.000917. The summed E-state index contributed by atoms with van der Waals surface area (Å²) in [4.78, 5) is 21.3. The highest BCUT2D eigenvalue weighted by atomic mass is 32.2.